The fraction of sp³-hybridized carbons (Fsp3) is 0.636. The molecule has 0 aromatic carbocycles. The fourth-order valence-corrected chi connectivity index (χ4v) is 1.95. The average Bonchev–Trinajstić information content (AvgIpc) is 2.28. The zero-order valence-corrected chi connectivity index (χ0v) is 11.7. The highest BCUT2D eigenvalue weighted by Gasteiger charge is 2.04. The summed E-state index contributed by atoms with van der Waals surface area (Å²) in [5.41, 5.74) is 0.744. The number of unbranched alkanes of at least 4 members (excludes halogenated alkanes) is 3. The largest absolute Gasteiger partial charge is 0.298 e. The van der Waals surface area contributed by atoms with Gasteiger partial charge >= 0.3 is 0 Å². The summed E-state index contributed by atoms with van der Waals surface area (Å²) in [4.78, 5) is 15.9. The second-order valence-corrected chi connectivity index (χ2v) is 4.92. The highest BCUT2D eigenvalue weighted by molar-refractivity contribution is 9.10. The number of halogens is 2. The molecular formula is C11H16BrClN2O. The third-order valence-corrected chi connectivity index (χ3v) is 3.62. The maximum Gasteiger partial charge on any atom is 0.267 e. The monoisotopic (exact) mass is 306 g/mol. The number of alkyl halides is 1. The topological polar surface area (TPSA) is 34.9 Å². The van der Waals surface area contributed by atoms with Gasteiger partial charge in [0.05, 0.1) is 12.0 Å². The second-order valence-electron chi connectivity index (χ2n) is 3.75. The number of rotatable bonds is 6. The number of aromatic nitrogens is 2. The van der Waals surface area contributed by atoms with Crippen LogP contribution in [0.15, 0.2) is 15.6 Å². The Labute approximate surface area is 109 Å². The summed E-state index contributed by atoms with van der Waals surface area (Å²) >= 11 is 8.84. The van der Waals surface area contributed by atoms with Crippen LogP contribution in [-0.4, -0.2) is 15.4 Å². The molecule has 0 fully saturated rings. The van der Waals surface area contributed by atoms with Crippen molar-refractivity contribution in [3.8, 4) is 0 Å². The van der Waals surface area contributed by atoms with Gasteiger partial charge in [0.1, 0.15) is 4.47 Å². The Bertz CT molecular complexity index is 392. The SMILES string of the molecule is Cc1ncn(CCCCCCCl)c(=O)c1Br. The maximum absolute atomic E-state index is 11.8. The first-order valence-corrected chi connectivity index (χ1v) is 6.77. The number of aryl methyl sites for hydroxylation is 2. The third kappa shape index (κ3) is 3.91. The molecule has 0 aliphatic rings. The molecule has 5 heteroatoms. The molecule has 90 valence electrons. The summed E-state index contributed by atoms with van der Waals surface area (Å²) in [6.45, 7) is 2.54. The first-order valence-electron chi connectivity index (χ1n) is 5.44. The van der Waals surface area contributed by atoms with Gasteiger partial charge in [-0.2, -0.15) is 0 Å². The molecule has 0 aliphatic heterocycles. The lowest BCUT2D eigenvalue weighted by molar-refractivity contribution is 0.562. The van der Waals surface area contributed by atoms with Gasteiger partial charge in [-0.1, -0.05) is 12.8 Å². The van der Waals surface area contributed by atoms with Gasteiger partial charge in [0.2, 0.25) is 0 Å². The van der Waals surface area contributed by atoms with E-state index in [0.29, 0.717) is 4.47 Å². The molecule has 0 aliphatic carbocycles. The Morgan fingerprint density at radius 3 is 2.75 bits per heavy atom. The van der Waals surface area contributed by atoms with E-state index in [2.05, 4.69) is 20.9 Å². The molecular weight excluding hydrogens is 291 g/mol. The van der Waals surface area contributed by atoms with E-state index in [1.807, 2.05) is 6.92 Å². The van der Waals surface area contributed by atoms with Crippen molar-refractivity contribution in [3.63, 3.8) is 0 Å². The Balaban J connectivity index is 2.49. The van der Waals surface area contributed by atoms with E-state index >= 15 is 0 Å². The molecule has 0 radical (unpaired) electrons. The lowest BCUT2D eigenvalue weighted by Crippen LogP contribution is -2.22. The lowest BCUT2D eigenvalue weighted by atomic mass is 10.2. The van der Waals surface area contributed by atoms with Crippen LogP contribution in [0.4, 0.5) is 0 Å². The van der Waals surface area contributed by atoms with Crippen LogP contribution in [0.2, 0.25) is 0 Å². The van der Waals surface area contributed by atoms with Crippen LogP contribution >= 0.6 is 27.5 Å². The predicted molar refractivity (Wildman–Crippen MR) is 70.1 cm³/mol. The van der Waals surface area contributed by atoms with Gasteiger partial charge < -0.3 is 0 Å². The maximum atomic E-state index is 11.8. The predicted octanol–water partition coefficient (Wildman–Crippen LogP) is 3.11. The summed E-state index contributed by atoms with van der Waals surface area (Å²) in [7, 11) is 0. The molecule has 3 nitrogen and oxygen atoms in total. The minimum Gasteiger partial charge on any atom is -0.298 e. The van der Waals surface area contributed by atoms with Gasteiger partial charge in [0.15, 0.2) is 0 Å². The number of hydrogen-bond donors (Lipinski definition) is 0. The second kappa shape index (κ2) is 7.07. The summed E-state index contributed by atoms with van der Waals surface area (Å²) in [6, 6.07) is 0. The average molecular weight is 308 g/mol. The van der Waals surface area contributed by atoms with Gasteiger partial charge in [0.25, 0.3) is 5.56 Å². The standard InChI is InChI=1S/C11H16BrClN2O/c1-9-10(12)11(16)15(8-14-9)7-5-3-2-4-6-13/h8H,2-7H2,1H3. The molecule has 0 bridgehead atoms. The number of hydrogen-bond acceptors (Lipinski definition) is 2. The molecule has 1 heterocycles. The van der Waals surface area contributed by atoms with E-state index in [-0.39, 0.29) is 5.56 Å². The summed E-state index contributed by atoms with van der Waals surface area (Å²) in [6.07, 6.45) is 5.88. The van der Waals surface area contributed by atoms with Crippen LogP contribution < -0.4 is 5.56 Å². The minimum atomic E-state index is 0.00448. The smallest absolute Gasteiger partial charge is 0.267 e. The summed E-state index contributed by atoms with van der Waals surface area (Å²) in [5, 5.41) is 0. The molecule has 0 amide bonds. The highest BCUT2D eigenvalue weighted by atomic mass is 79.9. The van der Waals surface area contributed by atoms with Crippen LogP contribution in [0.3, 0.4) is 0 Å². The summed E-state index contributed by atoms with van der Waals surface area (Å²) < 4.78 is 2.22. The Morgan fingerprint density at radius 2 is 2.06 bits per heavy atom. The van der Waals surface area contributed by atoms with Crippen molar-refractivity contribution in [1.29, 1.82) is 0 Å². The van der Waals surface area contributed by atoms with E-state index < -0.39 is 0 Å². The third-order valence-electron chi connectivity index (χ3n) is 2.44. The molecule has 0 saturated carbocycles. The van der Waals surface area contributed by atoms with Crippen LogP contribution in [0.25, 0.3) is 0 Å². The van der Waals surface area contributed by atoms with Crippen LogP contribution in [0, 0.1) is 6.92 Å². The van der Waals surface area contributed by atoms with Crippen molar-refractivity contribution in [1.82, 2.24) is 9.55 Å². The van der Waals surface area contributed by atoms with Gasteiger partial charge in [-0.25, -0.2) is 4.98 Å². The van der Waals surface area contributed by atoms with Gasteiger partial charge in [0, 0.05) is 12.4 Å². The van der Waals surface area contributed by atoms with Crippen LogP contribution in [-0.2, 0) is 6.54 Å². The van der Waals surface area contributed by atoms with Crippen molar-refractivity contribution in [3.05, 3.63) is 26.8 Å². The lowest BCUT2D eigenvalue weighted by Gasteiger charge is -2.06. The molecule has 0 N–H and O–H groups in total. The molecule has 0 unspecified atom stereocenters. The zero-order valence-electron chi connectivity index (χ0n) is 9.38. The van der Waals surface area contributed by atoms with Crippen molar-refractivity contribution in [2.45, 2.75) is 39.2 Å². The van der Waals surface area contributed by atoms with Crippen molar-refractivity contribution >= 4 is 27.5 Å². The zero-order chi connectivity index (χ0) is 12.0. The van der Waals surface area contributed by atoms with Crippen LogP contribution in [0.1, 0.15) is 31.4 Å². The molecule has 0 saturated heterocycles. The molecule has 1 rings (SSSR count). The Kier molecular flexibility index (Phi) is 6.06. The Hall–Kier alpha value is -0.350. The van der Waals surface area contributed by atoms with E-state index in [4.69, 9.17) is 11.6 Å². The molecule has 1 aromatic rings. The van der Waals surface area contributed by atoms with Gasteiger partial charge in [-0.15, -0.1) is 11.6 Å². The highest BCUT2D eigenvalue weighted by Crippen LogP contribution is 2.07. The van der Waals surface area contributed by atoms with E-state index in [9.17, 15) is 4.79 Å². The number of nitrogens with zero attached hydrogens (tertiary/aromatic N) is 2. The normalized spacial score (nSPS) is 10.7. The minimum absolute atomic E-state index is 0.00448. The van der Waals surface area contributed by atoms with E-state index in [1.165, 1.54) is 0 Å². The van der Waals surface area contributed by atoms with E-state index in [1.54, 1.807) is 10.9 Å². The van der Waals surface area contributed by atoms with Crippen LogP contribution in [0.5, 0.6) is 0 Å². The van der Waals surface area contributed by atoms with Crippen molar-refractivity contribution in [2.75, 3.05) is 5.88 Å². The van der Waals surface area contributed by atoms with Gasteiger partial charge in [-0.3, -0.25) is 9.36 Å². The molecule has 1 aromatic heterocycles. The van der Waals surface area contributed by atoms with E-state index in [0.717, 1.165) is 43.8 Å². The molecule has 16 heavy (non-hydrogen) atoms. The van der Waals surface area contributed by atoms with Gasteiger partial charge in [-0.05, 0) is 35.7 Å². The summed E-state index contributed by atoms with van der Waals surface area (Å²) in [5.74, 6) is 0.720. The van der Waals surface area contributed by atoms with Crippen molar-refractivity contribution < 1.29 is 0 Å². The first-order chi connectivity index (χ1) is 7.66. The quantitative estimate of drug-likeness (QED) is 0.598. The first kappa shape index (κ1) is 13.7. The molecule has 0 atom stereocenters. The Morgan fingerprint density at radius 1 is 1.38 bits per heavy atom. The van der Waals surface area contributed by atoms with Crippen molar-refractivity contribution in [2.24, 2.45) is 0 Å². The fourth-order valence-electron chi connectivity index (χ4n) is 1.44. The molecule has 0 spiro atoms.